The third-order valence-corrected chi connectivity index (χ3v) is 3.98. The summed E-state index contributed by atoms with van der Waals surface area (Å²) in [7, 11) is 0. The van der Waals surface area contributed by atoms with Crippen LogP contribution in [-0.4, -0.2) is 35.1 Å². The number of aliphatic carboxylic acids is 1. The van der Waals surface area contributed by atoms with Crippen molar-refractivity contribution in [3.8, 4) is 0 Å². The minimum Gasteiger partial charge on any atom is -0.481 e. The molecule has 0 spiro atoms. The number of carbonyl (C=O) groups is 2. The number of likely N-dealkylation sites (tertiary alicyclic amines) is 1. The van der Waals surface area contributed by atoms with E-state index >= 15 is 0 Å². The number of urea groups is 1. The van der Waals surface area contributed by atoms with Crippen LogP contribution in [0.15, 0.2) is 18.2 Å². The summed E-state index contributed by atoms with van der Waals surface area (Å²) in [6.45, 7) is 2.66. The number of carboxylic acid groups (broad SMARTS) is 1. The summed E-state index contributed by atoms with van der Waals surface area (Å²) >= 11 is 6.01. The molecule has 20 heavy (non-hydrogen) atoms. The van der Waals surface area contributed by atoms with E-state index in [0.29, 0.717) is 30.1 Å². The number of amides is 2. The van der Waals surface area contributed by atoms with Gasteiger partial charge in [-0.15, -0.1) is 0 Å². The Morgan fingerprint density at radius 2 is 2.20 bits per heavy atom. The maximum atomic E-state index is 12.2. The van der Waals surface area contributed by atoms with Crippen molar-refractivity contribution < 1.29 is 14.7 Å². The van der Waals surface area contributed by atoms with E-state index in [1.165, 1.54) is 0 Å². The number of nitrogens with one attached hydrogen (secondary N) is 1. The van der Waals surface area contributed by atoms with E-state index in [2.05, 4.69) is 5.32 Å². The highest BCUT2D eigenvalue weighted by atomic mass is 35.5. The minimum absolute atomic E-state index is 0.251. The standard InChI is InChI=1S/C14H17ClN2O3/c1-9-11(15)5-2-6-12(9)16-14(20)17-7-3-4-10(8-17)13(18)19/h2,5-6,10H,3-4,7-8H2,1H3,(H,16,20)(H,18,19). The SMILES string of the molecule is Cc1c(Cl)cccc1NC(=O)N1CCCC(C(=O)O)C1. The van der Waals surface area contributed by atoms with Gasteiger partial charge in [0.25, 0.3) is 0 Å². The molecule has 1 aromatic rings. The van der Waals surface area contributed by atoms with Crippen molar-refractivity contribution in [1.29, 1.82) is 0 Å². The quantitative estimate of drug-likeness (QED) is 0.881. The van der Waals surface area contributed by atoms with E-state index < -0.39 is 11.9 Å². The van der Waals surface area contributed by atoms with E-state index in [4.69, 9.17) is 16.7 Å². The van der Waals surface area contributed by atoms with Crippen LogP contribution < -0.4 is 5.32 Å². The molecule has 0 bridgehead atoms. The molecule has 1 fully saturated rings. The summed E-state index contributed by atoms with van der Waals surface area (Å²) in [6, 6.07) is 5.02. The molecule has 1 heterocycles. The molecule has 1 aromatic carbocycles. The first-order valence-electron chi connectivity index (χ1n) is 6.53. The Balaban J connectivity index is 2.04. The molecular weight excluding hydrogens is 280 g/mol. The molecule has 108 valence electrons. The number of carbonyl (C=O) groups excluding carboxylic acids is 1. The van der Waals surface area contributed by atoms with Gasteiger partial charge in [0.15, 0.2) is 0 Å². The Morgan fingerprint density at radius 3 is 2.90 bits per heavy atom. The lowest BCUT2D eigenvalue weighted by molar-refractivity contribution is -0.143. The number of hydrogen-bond donors (Lipinski definition) is 2. The summed E-state index contributed by atoms with van der Waals surface area (Å²) < 4.78 is 0. The number of hydrogen-bond acceptors (Lipinski definition) is 2. The highest BCUT2D eigenvalue weighted by Crippen LogP contribution is 2.24. The zero-order valence-corrected chi connectivity index (χ0v) is 12.0. The van der Waals surface area contributed by atoms with Crippen LogP contribution in [0.5, 0.6) is 0 Å². The second-order valence-corrected chi connectivity index (χ2v) is 5.37. The zero-order valence-electron chi connectivity index (χ0n) is 11.2. The van der Waals surface area contributed by atoms with E-state index in [1.807, 2.05) is 6.92 Å². The monoisotopic (exact) mass is 296 g/mol. The molecule has 1 aliphatic rings. The van der Waals surface area contributed by atoms with Crippen molar-refractivity contribution in [3.63, 3.8) is 0 Å². The molecular formula is C14H17ClN2O3. The van der Waals surface area contributed by atoms with Crippen molar-refractivity contribution >= 4 is 29.3 Å². The van der Waals surface area contributed by atoms with Crippen LogP contribution in [0.1, 0.15) is 18.4 Å². The van der Waals surface area contributed by atoms with E-state index in [0.717, 1.165) is 5.56 Å². The van der Waals surface area contributed by atoms with Gasteiger partial charge in [-0.05, 0) is 37.5 Å². The highest BCUT2D eigenvalue weighted by Gasteiger charge is 2.28. The molecule has 1 unspecified atom stereocenters. The molecule has 0 radical (unpaired) electrons. The summed E-state index contributed by atoms with van der Waals surface area (Å²) in [5, 5.41) is 12.4. The van der Waals surface area contributed by atoms with Gasteiger partial charge in [0.05, 0.1) is 5.92 Å². The number of benzene rings is 1. The van der Waals surface area contributed by atoms with Gasteiger partial charge in [-0.3, -0.25) is 4.79 Å². The molecule has 1 aliphatic heterocycles. The van der Waals surface area contributed by atoms with Gasteiger partial charge >= 0.3 is 12.0 Å². The Hall–Kier alpha value is -1.75. The molecule has 2 rings (SSSR count). The van der Waals surface area contributed by atoms with E-state index in [-0.39, 0.29) is 12.6 Å². The second kappa shape index (κ2) is 6.13. The van der Waals surface area contributed by atoms with Crippen molar-refractivity contribution in [3.05, 3.63) is 28.8 Å². The molecule has 0 saturated carbocycles. The van der Waals surface area contributed by atoms with Crippen LogP contribution >= 0.6 is 11.6 Å². The fourth-order valence-electron chi connectivity index (χ4n) is 2.30. The summed E-state index contributed by atoms with van der Waals surface area (Å²) in [6.07, 6.45) is 1.33. The van der Waals surface area contributed by atoms with Gasteiger partial charge in [-0.25, -0.2) is 4.79 Å². The summed E-state index contributed by atoms with van der Waals surface area (Å²) in [5.41, 5.74) is 1.45. The van der Waals surface area contributed by atoms with Crippen molar-refractivity contribution in [2.45, 2.75) is 19.8 Å². The third-order valence-electron chi connectivity index (χ3n) is 3.57. The topological polar surface area (TPSA) is 69.6 Å². The van der Waals surface area contributed by atoms with E-state index in [1.54, 1.807) is 23.1 Å². The average molecular weight is 297 g/mol. The largest absolute Gasteiger partial charge is 0.481 e. The first-order chi connectivity index (χ1) is 9.49. The molecule has 0 aromatic heterocycles. The first-order valence-corrected chi connectivity index (χ1v) is 6.90. The van der Waals surface area contributed by atoms with Gasteiger partial charge in [0.2, 0.25) is 0 Å². The number of nitrogens with zero attached hydrogens (tertiary/aromatic N) is 1. The number of piperidine rings is 1. The first kappa shape index (κ1) is 14.7. The maximum absolute atomic E-state index is 12.2. The maximum Gasteiger partial charge on any atom is 0.321 e. The van der Waals surface area contributed by atoms with Gasteiger partial charge < -0.3 is 15.3 Å². The molecule has 6 heteroatoms. The number of carboxylic acids is 1. The highest BCUT2D eigenvalue weighted by molar-refractivity contribution is 6.31. The fraction of sp³-hybridized carbons (Fsp3) is 0.429. The van der Waals surface area contributed by atoms with Crippen LogP contribution in [-0.2, 0) is 4.79 Å². The van der Waals surface area contributed by atoms with E-state index in [9.17, 15) is 9.59 Å². The Labute approximate surface area is 122 Å². The lowest BCUT2D eigenvalue weighted by atomic mass is 9.99. The van der Waals surface area contributed by atoms with Gasteiger partial charge in [-0.1, -0.05) is 17.7 Å². The Morgan fingerprint density at radius 1 is 1.45 bits per heavy atom. The fourth-order valence-corrected chi connectivity index (χ4v) is 2.47. The molecule has 2 N–H and O–H groups in total. The average Bonchev–Trinajstić information content (AvgIpc) is 2.44. The number of anilines is 1. The second-order valence-electron chi connectivity index (χ2n) is 4.97. The van der Waals surface area contributed by atoms with Crippen molar-refractivity contribution in [2.75, 3.05) is 18.4 Å². The smallest absolute Gasteiger partial charge is 0.321 e. The number of rotatable bonds is 2. The minimum atomic E-state index is -0.846. The van der Waals surface area contributed by atoms with Crippen molar-refractivity contribution in [2.24, 2.45) is 5.92 Å². The molecule has 0 aliphatic carbocycles. The Bertz CT molecular complexity index is 533. The summed E-state index contributed by atoms with van der Waals surface area (Å²) in [4.78, 5) is 24.7. The summed E-state index contributed by atoms with van der Waals surface area (Å²) in [5.74, 6) is -1.32. The van der Waals surface area contributed by atoms with Crippen LogP contribution in [0.25, 0.3) is 0 Å². The molecule has 2 amide bonds. The van der Waals surface area contributed by atoms with Gasteiger partial charge in [0, 0.05) is 23.8 Å². The zero-order chi connectivity index (χ0) is 14.7. The third kappa shape index (κ3) is 3.22. The van der Waals surface area contributed by atoms with Gasteiger partial charge in [-0.2, -0.15) is 0 Å². The molecule has 5 nitrogen and oxygen atoms in total. The van der Waals surface area contributed by atoms with Crippen molar-refractivity contribution in [1.82, 2.24) is 4.90 Å². The lowest BCUT2D eigenvalue weighted by Gasteiger charge is -2.30. The van der Waals surface area contributed by atoms with Crippen LogP contribution in [0.3, 0.4) is 0 Å². The predicted molar refractivity (Wildman–Crippen MR) is 77.1 cm³/mol. The molecule has 1 atom stereocenters. The lowest BCUT2D eigenvalue weighted by Crippen LogP contribution is -2.44. The number of halogens is 1. The van der Waals surface area contributed by atoms with Gasteiger partial charge in [0.1, 0.15) is 0 Å². The predicted octanol–water partition coefficient (Wildman–Crippen LogP) is 2.98. The van der Waals surface area contributed by atoms with Crippen LogP contribution in [0.2, 0.25) is 5.02 Å². The molecule has 1 saturated heterocycles. The van der Waals surface area contributed by atoms with Crippen LogP contribution in [0.4, 0.5) is 10.5 Å². The normalized spacial score (nSPS) is 18.7. The Kier molecular flexibility index (Phi) is 4.49. The van der Waals surface area contributed by atoms with Crippen LogP contribution in [0, 0.1) is 12.8 Å².